The first-order chi connectivity index (χ1) is 7.26. The van der Waals surface area contributed by atoms with Gasteiger partial charge >= 0.3 is 0 Å². The lowest BCUT2D eigenvalue weighted by atomic mass is 10.0. The summed E-state index contributed by atoms with van der Waals surface area (Å²) >= 11 is 0. The molecule has 0 aliphatic carbocycles. The van der Waals surface area contributed by atoms with Gasteiger partial charge in [0.1, 0.15) is 0 Å². The van der Waals surface area contributed by atoms with Crippen molar-refractivity contribution in [3.05, 3.63) is 35.4 Å². The summed E-state index contributed by atoms with van der Waals surface area (Å²) < 4.78 is 5.07. The third-order valence-electron chi connectivity index (χ3n) is 2.40. The van der Waals surface area contributed by atoms with Crippen LogP contribution in [-0.4, -0.2) is 18.3 Å². The van der Waals surface area contributed by atoms with Gasteiger partial charge in [-0.3, -0.25) is 0 Å². The Morgan fingerprint density at radius 1 is 1.33 bits per heavy atom. The van der Waals surface area contributed by atoms with Crippen molar-refractivity contribution in [1.82, 2.24) is 0 Å². The fraction of sp³-hybridized carbons (Fsp3) is 0.538. The number of hydrogen-bond acceptors (Lipinski definition) is 2. The number of rotatable bonds is 6. The summed E-state index contributed by atoms with van der Waals surface area (Å²) in [6.45, 7) is 2.72. The predicted molar refractivity (Wildman–Crippen MR) is 61.8 cm³/mol. The summed E-state index contributed by atoms with van der Waals surface area (Å²) in [5, 5.41) is 9.69. The highest BCUT2D eigenvalue weighted by Gasteiger charge is 2.04. The van der Waals surface area contributed by atoms with Gasteiger partial charge < -0.3 is 9.84 Å². The number of methoxy groups -OCH3 is 1. The second kappa shape index (κ2) is 6.59. The Balaban J connectivity index is 2.56. The number of aliphatic hydroxyl groups excluding tert-OH is 1. The van der Waals surface area contributed by atoms with Crippen molar-refractivity contribution in [2.75, 3.05) is 7.11 Å². The average Bonchev–Trinajstić information content (AvgIpc) is 2.19. The van der Waals surface area contributed by atoms with E-state index in [9.17, 15) is 5.11 Å². The summed E-state index contributed by atoms with van der Waals surface area (Å²) in [6.07, 6.45) is 2.42. The minimum absolute atomic E-state index is 0.215. The van der Waals surface area contributed by atoms with E-state index in [-0.39, 0.29) is 6.10 Å². The molecule has 0 fully saturated rings. The van der Waals surface area contributed by atoms with Gasteiger partial charge in [-0.2, -0.15) is 0 Å². The van der Waals surface area contributed by atoms with Crippen LogP contribution in [0, 0.1) is 0 Å². The van der Waals surface area contributed by atoms with Gasteiger partial charge in [-0.05, 0) is 24.0 Å². The maximum Gasteiger partial charge on any atom is 0.0713 e. The summed E-state index contributed by atoms with van der Waals surface area (Å²) in [6, 6.07) is 8.21. The molecular weight excluding hydrogens is 188 g/mol. The van der Waals surface area contributed by atoms with E-state index in [1.54, 1.807) is 7.11 Å². The molecule has 15 heavy (non-hydrogen) atoms. The van der Waals surface area contributed by atoms with Crippen molar-refractivity contribution in [3.63, 3.8) is 0 Å². The van der Waals surface area contributed by atoms with E-state index in [4.69, 9.17) is 4.74 Å². The lowest BCUT2D eigenvalue weighted by Gasteiger charge is -2.10. The molecule has 0 radical (unpaired) electrons. The largest absolute Gasteiger partial charge is 0.393 e. The topological polar surface area (TPSA) is 29.5 Å². The standard InChI is InChI=1S/C13H20O2/c1-3-5-13(14)9-11-6-4-7-12(8-11)10-15-2/h4,6-8,13-14H,3,5,9-10H2,1-2H3. The third-order valence-corrected chi connectivity index (χ3v) is 2.40. The molecule has 0 bridgehead atoms. The van der Waals surface area contributed by atoms with E-state index >= 15 is 0 Å². The molecule has 1 unspecified atom stereocenters. The lowest BCUT2D eigenvalue weighted by molar-refractivity contribution is 0.163. The molecule has 1 atom stereocenters. The van der Waals surface area contributed by atoms with Gasteiger partial charge in [-0.1, -0.05) is 37.6 Å². The summed E-state index contributed by atoms with van der Waals surface area (Å²) in [5.74, 6) is 0. The van der Waals surface area contributed by atoms with Crippen LogP contribution in [-0.2, 0) is 17.8 Å². The van der Waals surface area contributed by atoms with Gasteiger partial charge in [0, 0.05) is 7.11 Å². The molecule has 0 aliphatic heterocycles. The Labute approximate surface area is 91.9 Å². The smallest absolute Gasteiger partial charge is 0.0713 e. The molecule has 1 N–H and O–H groups in total. The third kappa shape index (κ3) is 4.45. The van der Waals surface area contributed by atoms with Gasteiger partial charge in [-0.15, -0.1) is 0 Å². The van der Waals surface area contributed by atoms with Crippen LogP contribution in [0.4, 0.5) is 0 Å². The van der Waals surface area contributed by atoms with Crippen LogP contribution in [0.3, 0.4) is 0 Å². The maximum absolute atomic E-state index is 9.69. The molecule has 1 aromatic rings. The first-order valence-corrected chi connectivity index (χ1v) is 5.51. The first-order valence-electron chi connectivity index (χ1n) is 5.51. The number of benzene rings is 1. The van der Waals surface area contributed by atoms with Crippen molar-refractivity contribution < 1.29 is 9.84 Å². The van der Waals surface area contributed by atoms with E-state index in [0.717, 1.165) is 19.3 Å². The lowest BCUT2D eigenvalue weighted by Crippen LogP contribution is -2.09. The predicted octanol–water partition coefficient (Wildman–Crippen LogP) is 2.54. The van der Waals surface area contributed by atoms with Gasteiger partial charge in [0.15, 0.2) is 0 Å². The van der Waals surface area contributed by atoms with Crippen LogP contribution in [0.15, 0.2) is 24.3 Å². The van der Waals surface area contributed by atoms with E-state index in [0.29, 0.717) is 6.61 Å². The van der Waals surface area contributed by atoms with E-state index in [2.05, 4.69) is 19.1 Å². The summed E-state index contributed by atoms with van der Waals surface area (Å²) in [5.41, 5.74) is 2.35. The molecule has 0 saturated carbocycles. The Kier molecular flexibility index (Phi) is 5.37. The molecule has 2 heteroatoms. The second-order valence-corrected chi connectivity index (χ2v) is 3.90. The fourth-order valence-corrected chi connectivity index (χ4v) is 1.72. The number of aliphatic hydroxyl groups is 1. The highest BCUT2D eigenvalue weighted by Crippen LogP contribution is 2.10. The zero-order valence-corrected chi connectivity index (χ0v) is 9.57. The first kappa shape index (κ1) is 12.2. The molecule has 0 amide bonds. The zero-order chi connectivity index (χ0) is 11.1. The Bertz CT molecular complexity index is 284. The molecule has 1 rings (SSSR count). The summed E-state index contributed by atoms with van der Waals surface area (Å²) in [7, 11) is 1.69. The van der Waals surface area contributed by atoms with Crippen LogP contribution < -0.4 is 0 Å². The molecule has 0 aromatic heterocycles. The second-order valence-electron chi connectivity index (χ2n) is 3.90. The molecule has 0 spiro atoms. The molecule has 1 aromatic carbocycles. The SMILES string of the molecule is CCCC(O)Cc1cccc(COC)c1. The zero-order valence-electron chi connectivity index (χ0n) is 9.57. The molecule has 2 nitrogen and oxygen atoms in total. The molecule has 0 saturated heterocycles. The van der Waals surface area contributed by atoms with Crippen molar-refractivity contribution in [2.24, 2.45) is 0 Å². The molecule has 84 valence electrons. The van der Waals surface area contributed by atoms with Crippen LogP contribution in [0.5, 0.6) is 0 Å². The van der Waals surface area contributed by atoms with Crippen molar-refractivity contribution in [3.8, 4) is 0 Å². The maximum atomic E-state index is 9.69. The fourth-order valence-electron chi connectivity index (χ4n) is 1.72. The van der Waals surface area contributed by atoms with Gasteiger partial charge in [0.2, 0.25) is 0 Å². The monoisotopic (exact) mass is 208 g/mol. The normalized spacial score (nSPS) is 12.7. The van der Waals surface area contributed by atoms with Crippen molar-refractivity contribution in [2.45, 2.75) is 38.9 Å². The Morgan fingerprint density at radius 3 is 2.73 bits per heavy atom. The highest BCUT2D eigenvalue weighted by molar-refractivity contribution is 5.23. The van der Waals surface area contributed by atoms with Crippen LogP contribution in [0.2, 0.25) is 0 Å². The minimum atomic E-state index is -0.215. The van der Waals surface area contributed by atoms with Crippen LogP contribution in [0.1, 0.15) is 30.9 Å². The number of ether oxygens (including phenoxy) is 1. The van der Waals surface area contributed by atoms with E-state index in [1.807, 2.05) is 12.1 Å². The summed E-state index contributed by atoms with van der Waals surface area (Å²) in [4.78, 5) is 0. The highest BCUT2D eigenvalue weighted by atomic mass is 16.5. The minimum Gasteiger partial charge on any atom is -0.393 e. The van der Waals surface area contributed by atoms with Crippen LogP contribution >= 0.6 is 0 Å². The Hall–Kier alpha value is -0.860. The number of hydrogen-bond donors (Lipinski definition) is 1. The molecular formula is C13H20O2. The van der Waals surface area contributed by atoms with Crippen molar-refractivity contribution in [1.29, 1.82) is 0 Å². The quantitative estimate of drug-likeness (QED) is 0.778. The molecule has 0 aliphatic rings. The van der Waals surface area contributed by atoms with Crippen LogP contribution in [0.25, 0.3) is 0 Å². The molecule has 0 heterocycles. The van der Waals surface area contributed by atoms with Crippen molar-refractivity contribution >= 4 is 0 Å². The average molecular weight is 208 g/mol. The van der Waals surface area contributed by atoms with Gasteiger partial charge in [-0.25, -0.2) is 0 Å². The van der Waals surface area contributed by atoms with E-state index in [1.165, 1.54) is 11.1 Å². The van der Waals surface area contributed by atoms with E-state index < -0.39 is 0 Å². The Morgan fingerprint density at radius 2 is 2.07 bits per heavy atom. The van der Waals surface area contributed by atoms with Gasteiger partial charge in [0.05, 0.1) is 12.7 Å². The van der Waals surface area contributed by atoms with Gasteiger partial charge in [0.25, 0.3) is 0 Å².